The highest BCUT2D eigenvalue weighted by atomic mass is 32.2. The zero-order valence-corrected chi connectivity index (χ0v) is 88.3. The standard InChI is InChI=1S/C27H40N6O5S.C25H26F3N5O3S.C25H27F2N5O4S.C25H34N4O4S/c1-19-17-27(5,6)33(18-19)23-20(11-10-16-29-23)24(34)32-39(36,37)22-13-9-12-21(31-22)28-14-7-8-15-30-25(35)38-26(2,3)4;1-15-12-24(2,3)33(14-15)22-19(23(34)32-37(35,36)21-6-4-5-20(29)31-21)11-17(13-30-22)16-7-9-18(10-8-16)25(26,27)28;1-14-12-25(2,3)32(13-14)23-15(24(33)31-37(34,35)21-6-5-9-29-22(21)28)7-8-19(30-23)16-10-17(26)18(27)11-20(16)36-4;1-17-10-12-19(13-11-17)33-21-8-5-9-22(27-21)34(31,32)28-24(30)20-7-6-14-26-23(20)29-16-18(2)15-25(29,3)4/h9-13,16,19H,7-8,14-15,17-18H2,1-6H3,(H,28,31)(H,30,35)(H,32,34);4-11,13,15H,12,14H2,1-3H3,(H2,29,31)(H,32,34);5-11,14H,12-13H2,1-4H3,(H2,28,29)(H,31,33);5-9,14,17-19H,10-13,15-16H2,1-4H3,(H,28,30)/t;;14-;/m..0./s1. The molecular formula is C102H127F5N20O16S4. The lowest BCUT2D eigenvalue weighted by molar-refractivity contribution is -0.137. The Kier molecular flexibility index (Phi) is 34.7. The number of ether oxygens (including phenoxy) is 3. The summed E-state index contributed by atoms with van der Waals surface area (Å²) < 4.78 is 195. The van der Waals surface area contributed by atoms with Crippen molar-refractivity contribution < 1.29 is 93.8 Å². The number of nitrogen functional groups attached to an aromatic ring is 2. The molecule has 4 atom stereocenters. The lowest BCUT2D eigenvalue weighted by atomic mass is 9.89. The van der Waals surface area contributed by atoms with Gasteiger partial charge < -0.3 is 55.9 Å². The summed E-state index contributed by atoms with van der Waals surface area (Å²) in [6.45, 7) is 36.0. The number of aromatic nitrogens is 8. The number of carbonyl (C=O) groups excluding carboxylic acids is 5. The largest absolute Gasteiger partial charge is 0.496 e. The number of sulfonamides is 4. The molecule has 4 aliphatic heterocycles. The Morgan fingerprint density at radius 2 is 0.898 bits per heavy atom. The van der Waals surface area contributed by atoms with Crippen LogP contribution in [0.15, 0.2) is 190 Å². The number of pyridine rings is 8. The Morgan fingerprint density at radius 1 is 0.456 bits per heavy atom. The van der Waals surface area contributed by atoms with Crippen LogP contribution in [0.1, 0.15) is 222 Å². The van der Waals surface area contributed by atoms with Gasteiger partial charge in [-0.3, -0.25) is 19.2 Å². The van der Waals surface area contributed by atoms with E-state index in [9.17, 15) is 79.6 Å². The molecule has 147 heavy (non-hydrogen) atoms. The number of methoxy groups -OCH3 is 1. The van der Waals surface area contributed by atoms with Crippen LogP contribution in [0.2, 0.25) is 0 Å². The first-order valence-corrected chi connectivity index (χ1v) is 53.9. The fourth-order valence-electron chi connectivity index (χ4n) is 19.0. The van der Waals surface area contributed by atoms with Crippen LogP contribution in [0, 0.1) is 41.2 Å². The summed E-state index contributed by atoms with van der Waals surface area (Å²) in [7, 11) is -15.8. The van der Waals surface area contributed by atoms with Crippen LogP contribution in [0.3, 0.4) is 0 Å². The third-order valence-corrected chi connectivity index (χ3v) is 30.6. The highest BCUT2D eigenvalue weighted by Crippen LogP contribution is 2.45. The molecule has 5 amide bonds. The molecule has 0 radical (unpaired) electrons. The predicted molar refractivity (Wildman–Crippen MR) is 549 cm³/mol. The average Bonchev–Trinajstić information content (AvgIpc) is 1.65. The molecule has 2 aromatic carbocycles. The van der Waals surface area contributed by atoms with Crippen molar-refractivity contribution >= 4 is 111 Å². The van der Waals surface area contributed by atoms with Crippen molar-refractivity contribution in [2.75, 3.05) is 82.8 Å². The van der Waals surface area contributed by atoms with E-state index in [4.69, 9.17) is 25.7 Å². The molecule has 1 saturated carbocycles. The third kappa shape index (κ3) is 28.4. The summed E-state index contributed by atoms with van der Waals surface area (Å²) in [5.74, 6) is -1.62. The smallest absolute Gasteiger partial charge is 0.416 e. The van der Waals surface area contributed by atoms with Crippen LogP contribution < -0.4 is 70.1 Å². The van der Waals surface area contributed by atoms with Gasteiger partial charge in [-0.1, -0.05) is 65.0 Å². The van der Waals surface area contributed by atoms with Crippen molar-refractivity contribution in [2.45, 2.75) is 235 Å². The number of rotatable bonds is 27. The topological polar surface area (TPSA) is 490 Å². The summed E-state index contributed by atoms with van der Waals surface area (Å²) >= 11 is 0. The van der Waals surface area contributed by atoms with Gasteiger partial charge in [-0.25, -0.2) is 75.8 Å². The van der Waals surface area contributed by atoms with E-state index >= 15 is 0 Å². The van der Waals surface area contributed by atoms with Gasteiger partial charge in [0.1, 0.15) is 63.1 Å². The number of anilines is 7. The maximum absolute atomic E-state index is 14.1. The number of alkyl halides is 3. The summed E-state index contributed by atoms with van der Waals surface area (Å²) in [6.07, 6.45) is 10.0. The Hall–Kier alpha value is -13.6. The molecule has 790 valence electrons. The number of unbranched alkanes of at least 4 members (excludes halogenated alkanes) is 1. The first-order valence-electron chi connectivity index (χ1n) is 48.0. The molecule has 12 heterocycles. The Balaban J connectivity index is 0.000000174. The molecule has 45 heteroatoms. The van der Waals surface area contributed by atoms with Gasteiger partial charge >= 0.3 is 12.3 Å². The lowest BCUT2D eigenvalue weighted by Crippen LogP contribution is -2.41. The molecule has 15 rings (SSSR count). The highest BCUT2D eigenvalue weighted by molar-refractivity contribution is 7.91. The van der Waals surface area contributed by atoms with E-state index in [0.29, 0.717) is 91.3 Å². The molecule has 36 nitrogen and oxygen atoms in total. The molecule has 1 aliphatic carbocycles. The van der Waals surface area contributed by atoms with Crippen molar-refractivity contribution in [2.24, 2.45) is 29.6 Å². The van der Waals surface area contributed by atoms with Crippen molar-refractivity contribution in [3.05, 3.63) is 210 Å². The Labute approximate surface area is 854 Å². The molecule has 8 aromatic heterocycles. The predicted octanol–water partition coefficient (Wildman–Crippen LogP) is 16.4. The molecule has 0 spiro atoms. The minimum absolute atomic E-state index is 0.0153. The van der Waals surface area contributed by atoms with Crippen molar-refractivity contribution in [3.63, 3.8) is 0 Å². The minimum Gasteiger partial charge on any atom is -0.496 e. The number of nitrogens with two attached hydrogens (primary N) is 2. The molecule has 3 unspecified atom stereocenters. The van der Waals surface area contributed by atoms with Crippen LogP contribution in [-0.4, -0.2) is 184 Å². The second-order valence-corrected chi connectivity index (χ2v) is 47.7. The van der Waals surface area contributed by atoms with Crippen LogP contribution >= 0.6 is 0 Å². The second-order valence-electron chi connectivity index (χ2n) is 41.1. The van der Waals surface area contributed by atoms with E-state index in [1.165, 1.54) is 92.3 Å². The highest BCUT2D eigenvalue weighted by Gasteiger charge is 2.45. The van der Waals surface area contributed by atoms with E-state index in [2.05, 4.69) is 132 Å². The lowest BCUT2D eigenvalue weighted by Gasteiger charge is -2.34. The summed E-state index contributed by atoms with van der Waals surface area (Å²) in [4.78, 5) is 106. The maximum atomic E-state index is 14.1. The second kappa shape index (κ2) is 45.4. The zero-order valence-electron chi connectivity index (χ0n) is 85.0. The molecular weight excluding hydrogens is 1980 g/mol. The normalized spacial score (nSPS) is 18.9. The number of hydrogen-bond acceptors (Lipinski definition) is 31. The summed E-state index contributed by atoms with van der Waals surface area (Å²) in [5.41, 5.74) is 10.2. The van der Waals surface area contributed by atoms with E-state index < -0.39 is 109 Å². The first kappa shape index (κ1) is 112. The van der Waals surface area contributed by atoms with Crippen LogP contribution in [-0.2, 0) is 51.0 Å². The summed E-state index contributed by atoms with van der Waals surface area (Å²) in [5, 5.41) is 4.83. The summed E-state index contributed by atoms with van der Waals surface area (Å²) in [6, 6.07) is 32.7. The molecule has 5 fully saturated rings. The SMILES string of the molecule is CC1CCC(Oc2cccc(S(=O)(=O)NC(=O)c3cccnc3N3CC(C)CC3(C)C)n2)CC1.CC1CN(c2ncc(-c3ccc(C(F)(F)F)cc3)cc2C(=O)NS(=O)(=O)c2cccc(N)n2)C(C)(C)C1.CC1CN(c2ncccc2C(=O)NS(=O)(=O)c2cccc(NCCCCNC(=O)OC(C)(C)C)n2)C(C)(C)C1.COc1cc(F)c(F)cc1-c1ccc(C(=O)NS(=O)(=O)c2cccnc2N)c(N2C[C@@H](C)CC2(C)C)n1. The van der Waals surface area contributed by atoms with Crippen LogP contribution in [0.25, 0.3) is 22.4 Å². The van der Waals surface area contributed by atoms with Crippen LogP contribution in [0.5, 0.6) is 11.6 Å². The number of hydrogen-bond donors (Lipinski definition) is 8. The van der Waals surface area contributed by atoms with Gasteiger partial charge in [0.2, 0.25) is 5.88 Å². The van der Waals surface area contributed by atoms with E-state index in [1.54, 1.807) is 81.7 Å². The number of alkyl carbamates (subject to hydrolysis) is 1. The number of carbonyl (C=O) groups is 5. The molecule has 4 saturated heterocycles. The van der Waals surface area contributed by atoms with E-state index in [1.807, 2.05) is 46.9 Å². The first-order chi connectivity index (χ1) is 68.7. The number of nitrogens with zero attached hydrogens (tertiary/aromatic N) is 12. The molecule has 0 bridgehead atoms. The van der Waals surface area contributed by atoms with E-state index in [-0.39, 0.29) is 112 Å². The number of amides is 5. The van der Waals surface area contributed by atoms with Gasteiger partial charge in [0.05, 0.1) is 40.6 Å². The fraction of sp³-hybridized carbons (Fsp3) is 0.441. The molecule has 10 aromatic rings. The van der Waals surface area contributed by atoms with Crippen molar-refractivity contribution in [3.8, 4) is 34.0 Å². The van der Waals surface area contributed by atoms with E-state index in [0.717, 1.165) is 88.7 Å². The van der Waals surface area contributed by atoms with Gasteiger partial charge in [0.15, 0.2) is 26.7 Å². The minimum atomic E-state index is -4.49. The van der Waals surface area contributed by atoms with Gasteiger partial charge in [-0.2, -0.15) is 43.4 Å². The van der Waals surface area contributed by atoms with Crippen molar-refractivity contribution in [1.82, 2.24) is 64.1 Å². The maximum Gasteiger partial charge on any atom is 0.416 e. The van der Waals surface area contributed by atoms with Crippen molar-refractivity contribution in [1.29, 1.82) is 0 Å². The quantitative estimate of drug-likeness (QED) is 0.0175. The number of nitrogens with one attached hydrogen (secondary N) is 6. The van der Waals surface area contributed by atoms with Gasteiger partial charge in [0.25, 0.3) is 63.7 Å². The Bertz CT molecular complexity index is 6980. The zero-order chi connectivity index (χ0) is 108. The fourth-order valence-corrected chi connectivity index (χ4v) is 22.9. The molecule has 10 N–H and O–H groups in total. The number of benzene rings is 2. The monoisotopic (exact) mass is 2110 g/mol. The van der Waals surface area contributed by atoms with Gasteiger partial charge in [-0.15, -0.1) is 0 Å². The number of halogens is 5. The van der Waals surface area contributed by atoms with Crippen LogP contribution in [0.4, 0.5) is 67.5 Å². The third-order valence-electron chi connectivity index (χ3n) is 25.5. The molecule has 5 aliphatic rings. The van der Waals surface area contributed by atoms with Gasteiger partial charge in [0, 0.05) is 109 Å². The Morgan fingerprint density at radius 3 is 1.38 bits per heavy atom. The van der Waals surface area contributed by atoms with Gasteiger partial charge in [-0.05, 0) is 279 Å². The average molecular weight is 2110 g/mol.